The predicted octanol–water partition coefficient (Wildman–Crippen LogP) is 5.28. The van der Waals surface area contributed by atoms with Crippen molar-refractivity contribution in [3.8, 4) is 17.1 Å². The van der Waals surface area contributed by atoms with Crippen molar-refractivity contribution in [2.24, 2.45) is 4.99 Å². The first kappa shape index (κ1) is 24.0. The van der Waals surface area contributed by atoms with Crippen molar-refractivity contribution in [1.29, 1.82) is 0 Å². The lowest BCUT2D eigenvalue weighted by molar-refractivity contribution is 0.0998. The third-order valence-electron chi connectivity index (χ3n) is 5.44. The van der Waals surface area contributed by atoms with Crippen molar-refractivity contribution >= 4 is 45.3 Å². The first-order valence-corrected chi connectivity index (χ1v) is 12.2. The van der Waals surface area contributed by atoms with Crippen LogP contribution in [0.4, 0.5) is 15.2 Å². The number of nitrogens with one attached hydrogen (secondary N) is 1. The van der Waals surface area contributed by atoms with Gasteiger partial charge < -0.3 is 15.2 Å². The molecular weight excluding hydrogens is 505 g/mol. The first-order valence-electron chi connectivity index (χ1n) is 10.9. The number of carbonyl (C=O) groups is 1. The molecule has 182 valence electrons. The minimum Gasteiger partial charge on any atom is -0.488 e. The number of aliphatic imine (C=N–C) groups is 1. The number of halogens is 2. The van der Waals surface area contributed by atoms with Gasteiger partial charge in [0.2, 0.25) is 0 Å². The molecular formula is C25H19ClFN5O3S. The Kier molecular flexibility index (Phi) is 6.99. The van der Waals surface area contributed by atoms with E-state index in [9.17, 15) is 14.3 Å². The molecule has 2 N–H and O–H groups in total. The summed E-state index contributed by atoms with van der Waals surface area (Å²) in [6, 6.07) is 9.19. The Balaban J connectivity index is 1.33. The van der Waals surface area contributed by atoms with Crippen LogP contribution in [0.25, 0.3) is 11.4 Å². The molecule has 1 aliphatic rings. The van der Waals surface area contributed by atoms with Crippen LogP contribution < -0.4 is 10.1 Å². The van der Waals surface area contributed by atoms with E-state index < -0.39 is 11.9 Å². The minimum absolute atomic E-state index is 0.0399. The smallest absolute Gasteiger partial charge is 0.183 e. The van der Waals surface area contributed by atoms with Gasteiger partial charge in [-0.15, -0.1) is 11.3 Å². The fourth-order valence-electron chi connectivity index (χ4n) is 3.63. The number of ketones is 1. The third kappa shape index (κ3) is 5.25. The number of pyridine rings is 2. The molecule has 5 rings (SSSR count). The number of nitrogens with zero attached hydrogens (tertiary/aromatic N) is 4. The molecule has 1 aromatic carbocycles. The number of aromatic nitrogens is 3. The van der Waals surface area contributed by atoms with Crippen LogP contribution in [0.1, 0.15) is 28.4 Å². The molecule has 8 nitrogen and oxygen atoms in total. The minimum atomic E-state index is -0.719. The van der Waals surface area contributed by atoms with Crippen LogP contribution in [-0.2, 0) is 0 Å². The van der Waals surface area contributed by atoms with Crippen molar-refractivity contribution < 1.29 is 19.0 Å². The summed E-state index contributed by atoms with van der Waals surface area (Å²) in [7, 11) is 0. The number of rotatable bonds is 8. The monoisotopic (exact) mass is 523 g/mol. The van der Waals surface area contributed by atoms with Gasteiger partial charge in [0.15, 0.2) is 10.9 Å². The number of aliphatic hydroxyl groups is 1. The number of hydrogen-bond donors (Lipinski definition) is 2. The lowest BCUT2D eigenvalue weighted by Crippen LogP contribution is -2.20. The Morgan fingerprint density at radius 1 is 1.19 bits per heavy atom. The molecule has 0 saturated carbocycles. The second kappa shape index (κ2) is 10.5. The second-order valence-electron chi connectivity index (χ2n) is 7.91. The molecule has 1 unspecified atom stereocenters. The number of hydrogen-bond acceptors (Lipinski definition) is 9. The van der Waals surface area contributed by atoms with Crippen molar-refractivity contribution in [2.75, 3.05) is 18.5 Å². The second-order valence-corrected chi connectivity index (χ2v) is 9.18. The Morgan fingerprint density at radius 3 is 2.83 bits per heavy atom. The zero-order valence-corrected chi connectivity index (χ0v) is 20.3. The number of benzene rings is 1. The van der Waals surface area contributed by atoms with E-state index in [1.807, 2.05) is 5.38 Å². The third-order valence-corrected chi connectivity index (χ3v) is 6.53. The van der Waals surface area contributed by atoms with Gasteiger partial charge in [-0.1, -0.05) is 11.6 Å². The molecule has 0 saturated heterocycles. The molecule has 0 amide bonds. The van der Waals surface area contributed by atoms with Gasteiger partial charge in [-0.25, -0.2) is 9.37 Å². The quantitative estimate of drug-likeness (QED) is 0.323. The number of ether oxygens (including phenoxy) is 1. The summed E-state index contributed by atoms with van der Waals surface area (Å²) in [6.45, 7) is 0.307. The average Bonchev–Trinajstić information content (AvgIpc) is 3.37. The van der Waals surface area contributed by atoms with Crippen LogP contribution in [0, 0.1) is 5.82 Å². The SMILES string of the molecule is O=C1CC(COc2ccc(F)c(Cl)c2)=Nc2c1ccnc2-c1csc(NCC(O)c2ccncc2)n1. The van der Waals surface area contributed by atoms with E-state index in [1.54, 1.807) is 36.8 Å². The Labute approximate surface area is 214 Å². The maximum absolute atomic E-state index is 13.4. The summed E-state index contributed by atoms with van der Waals surface area (Å²) in [5.41, 5.74) is 3.18. The molecule has 0 radical (unpaired) electrons. The highest BCUT2D eigenvalue weighted by atomic mass is 35.5. The largest absolute Gasteiger partial charge is 0.488 e. The van der Waals surface area contributed by atoms with Crippen LogP contribution in [-0.4, -0.2) is 44.7 Å². The summed E-state index contributed by atoms with van der Waals surface area (Å²) in [5, 5.41) is 15.9. The van der Waals surface area contributed by atoms with Gasteiger partial charge in [-0.3, -0.25) is 19.8 Å². The molecule has 0 spiro atoms. The van der Waals surface area contributed by atoms with E-state index in [4.69, 9.17) is 16.3 Å². The maximum atomic E-state index is 13.4. The summed E-state index contributed by atoms with van der Waals surface area (Å²) in [6.07, 6.45) is 4.19. The van der Waals surface area contributed by atoms with Gasteiger partial charge in [0.1, 0.15) is 35.2 Å². The summed E-state index contributed by atoms with van der Waals surface area (Å²) < 4.78 is 19.1. The van der Waals surface area contributed by atoms with E-state index in [0.717, 1.165) is 5.56 Å². The molecule has 4 aromatic rings. The Morgan fingerprint density at radius 2 is 2.03 bits per heavy atom. The fourth-order valence-corrected chi connectivity index (χ4v) is 4.50. The molecule has 3 aromatic heterocycles. The molecule has 0 aliphatic carbocycles. The number of thiazole rings is 1. The number of aliphatic hydroxyl groups excluding tert-OH is 1. The fraction of sp³-hybridized carbons (Fsp3) is 0.160. The first-order chi connectivity index (χ1) is 17.5. The van der Waals surface area contributed by atoms with Crippen LogP contribution in [0.3, 0.4) is 0 Å². The van der Waals surface area contributed by atoms with Gasteiger partial charge >= 0.3 is 0 Å². The molecule has 36 heavy (non-hydrogen) atoms. The van der Waals surface area contributed by atoms with E-state index in [2.05, 4.69) is 25.3 Å². The van der Waals surface area contributed by atoms with Gasteiger partial charge in [-0.05, 0) is 35.9 Å². The van der Waals surface area contributed by atoms with Crippen molar-refractivity contribution in [1.82, 2.24) is 15.0 Å². The van der Waals surface area contributed by atoms with E-state index in [0.29, 0.717) is 39.2 Å². The van der Waals surface area contributed by atoms with Gasteiger partial charge in [0.05, 0.1) is 23.3 Å². The van der Waals surface area contributed by atoms with Crippen molar-refractivity contribution in [2.45, 2.75) is 12.5 Å². The van der Waals surface area contributed by atoms with Crippen LogP contribution in [0.15, 0.2) is 65.4 Å². The normalized spacial score (nSPS) is 13.6. The maximum Gasteiger partial charge on any atom is 0.183 e. The van der Waals surface area contributed by atoms with Gasteiger partial charge in [0.25, 0.3) is 0 Å². The van der Waals surface area contributed by atoms with Crippen LogP contribution >= 0.6 is 22.9 Å². The molecule has 0 bridgehead atoms. The van der Waals surface area contributed by atoms with Crippen LogP contribution in [0.2, 0.25) is 5.02 Å². The lowest BCUT2D eigenvalue weighted by Gasteiger charge is -2.17. The molecule has 0 fully saturated rings. The Bertz CT molecular complexity index is 1450. The lowest BCUT2D eigenvalue weighted by atomic mass is 9.99. The van der Waals surface area contributed by atoms with Gasteiger partial charge in [-0.2, -0.15) is 0 Å². The summed E-state index contributed by atoms with van der Waals surface area (Å²) in [5.74, 6) is -0.269. The molecule has 1 aliphatic heterocycles. The van der Waals surface area contributed by atoms with Crippen molar-refractivity contribution in [3.05, 3.63) is 82.3 Å². The average molecular weight is 524 g/mol. The van der Waals surface area contributed by atoms with Crippen LogP contribution in [0.5, 0.6) is 5.75 Å². The Hall–Kier alpha value is -3.73. The highest BCUT2D eigenvalue weighted by Gasteiger charge is 2.25. The number of fused-ring (bicyclic) bond motifs is 1. The van der Waals surface area contributed by atoms with E-state index in [-0.39, 0.29) is 30.4 Å². The predicted molar refractivity (Wildman–Crippen MR) is 136 cm³/mol. The molecule has 1 atom stereocenters. The zero-order valence-electron chi connectivity index (χ0n) is 18.7. The molecule has 11 heteroatoms. The zero-order chi connectivity index (χ0) is 25.1. The molecule has 4 heterocycles. The van der Waals surface area contributed by atoms with E-state index in [1.165, 1.54) is 29.5 Å². The standard InChI is InChI=1S/C25H19ClFN5O3S/c26-18-10-16(1-2-19(18)27)35-12-15-9-21(33)17-5-8-29-24(23(17)31-15)20-13-36-25(32-20)30-11-22(34)14-3-6-28-7-4-14/h1-8,10,13,22,34H,9,11-12H2,(H,30,32). The number of Topliss-reactive ketones (excluding diaryl/α,β-unsaturated/α-hetero) is 1. The number of carbonyl (C=O) groups excluding carboxylic acids is 1. The van der Waals surface area contributed by atoms with E-state index >= 15 is 0 Å². The number of anilines is 1. The summed E-state index contributed by atoms with van der Waals surface area (Å²) in [4.78, 5) is 30.4. The summed E-state index contributed by atoms with van der Waals surface area (Å²) >= 11 is 7.17. The van der Waals surface area contributed by atoms with Gasteiger partial charge in [0, 0.05) is 42.1 Å². The highest BCUT2D eigenvalue weighted by Crippen LogP contribution is 2.36. The highest BCUT2D eigenvalue weighted by molar-refractivity contribution is 7.14. The van der Waals surface area contributed by atoms with Crippen molar-refractivity contribution in [3.63, 3.8) is 0 Å². The topological polar surface area (TPSA) is 110 Å².